The van der Waals surface area contributed by atoms with Crippen molar-refractivity contribution in [3.8, 4) is 5.75 Å². The number of fused-ring (bicyclic) bond motifs is 1. The Kier molecular flexibility index (Phi) is 5.66. The van der Waals surface area contributed by atoms with E-state index < -0.39 is 0 Å². The molecule has 0 spiro atoms. The zero-order chi connectivity index (χ0) is 14.2. The first kappa shape index (κ1) is 14.6. The van der Waals surface area contributed by atoms with Crippen LogP contribution in [0.15, 0.2) is 39.5 Å². The van der Waals surface area contributed by atoms with Gasteiger partial charge in [-0.1, -0.05) is 39.0 Å². The predicted molar refractivity (Wildman–Crippen MR) is 81.4 cm³/mol. The Bertz CT molecular complexity index is 586. The molecule has 2 aromatic rings. The molecule has 0 radical (unpaired) electrons. The average molecular weight is 274 g/mol. The van der Waals surface area contributed by atoms with Gasteiger partial charge in [0.05, 0.1) is 6.61 Å². The summed E-state index contributed by atoms with van der Waals surface area (Å²) in [5.41, 5.74) is 0.280. The number of unbranched alkanes of at least 4 members (excludes halogenated alkanes) is 5. The summed E-state index contributed by atoms with van der Waals surface area (Å²) in [6.07, 6.45) is 7.54. The van der Waals surface area contributed by atoms with E-state index in [1.54, 1.807) is 12.1 Å². The number of rotatable bonds is 8. The third kappa shape index (κ3) is 4.41. The second-order valence-corrected chi connectivity index (χ2v) is 5.07. The zero-order valence-electron chi connectivity index (χ0n) is 12.1. The van der Waals surface area contributed by atoms with Gasteiger partial charge < -0.3 is 9.15 Å². The van der Waals surface area contributed by atoms with E-state index in [9.17, 15) is 4.79 Å². The molecule has 108 valence electrons. The van der Waals surface area contributed by atoms with E-state index >= 15 is 0 Å². The fourth-order valence-corrected chi connectivity index (χ4v) is 2.21. The Hall–Kier alpha value is -1.77. The van der Waals surface area contributed by atoms with Crippen LogP contribution in [0, 0.1) is 0 Å². The second-order valence-electron chi connectivity index (χ2n) is 5.07. The Balaban J connectivity index is 1.79. The number of hydrogen-bond donors (Lipinski definition) is 0. The molecular weight excluding hydrogens is 252 g/mol. The molecule has 3 nitrogen and oxygen atoms in total. The molecule has 3 heteroatoms. The summed E-state index contributed by atoms with van der Waals surface area (Å²) in [6, 6.07) is 8.74. The average Bonchev–Trinajstić information content (AvgIpc) is 2.46. The van der Waals surface area contributed by atoms with Gasteiger partial charge in [0.15, 0.2) is 0 Å². The first-order chi connectivity index (χ1) is 9.79. The monoisotopic (exact) mass is 274 g/mol. The molecule has 0 saturated heterocycles. The van der Waals surface area contributed by atoms with Crippen molar-refractivity contribution in [3.05, 3.63) is 40.8 Å². The van der Waals surface area contributed by atoms with Crippen molar-refractivity contribution in [1.82, 2.24) is 0 Å². The van der Waals surface area contributed by atoms with Gasteiger partial charge in [-0.15, -0.1) is 0 Å². The van der Waals surface area contributed by atoms with E-state index in [-0.39, 0.29) is 5.63 Å². The van der Waals surface area contributed by atoms with Crippen molar-refractivity contribution in [2.75, 3.05) is 6.61 Å². The van der Waals surface area contributed by atoms with Gasteiger partial charge in [-0.3, -0.25) is 0 Å². The van der Waals surface area contributed by atoms with Crippen LogP contribution in [0.5, 0.6) is 5.75 Å². The summed E-state index contributed by atoms with van der Waals surface area (Å²) in [5.74, 6) is 0.833. The lowest BCUT2D eigenvalue weighted by Gasteiger charge is -2.06. The highest BCUT2D eigenvalue weighted by Crippen LogP contribution is 2.19. The maximum absolute atomic E-state index is 11.1. The van der Waals surface area contributed by atoms with Gasteiger partial charge in [-0.05, 0) is 30.7 Å². The summed E-state index contributed by atoms with van der Waals surface area (Å²) < 4.78 is 10.8. The van der Waals surface area contributed by atoms with Gasteiger partial charge in [-0.2, -0.15) is 0 Å². The van der Waals surface area contributed by atoms with Gasteiger partial charge >= 0.3 is 5.63 Å². The van der Waals surface area contributed by atoms with E-state index in [1.165, 1.54) is 38.2 Å². The number of ether oxygens (including phenoxy) is 1. The van der Waals surface area contributed by atoms with Gasteiger partial charge in [0.2, 0.25) is 0 Å². The predicted octanol–water partition coefficient (Wildman–Crippen LogP) is 4.53. The highest BCUT2D eigenvalue weighted by Gasteiger charge is 2.00. The topological polar surface area (TPSA) is 39.4 Å². The Labute approximate surface area is 119 Å². The minimum absolute atomic E-state index is 0.321. The summed E-state index contributed by atoms with van der Waals surface area (Å²) in [7, 11) is 0. The van der Waals surface area contributed by atoms with Crippen molar-refractivity contribution in [1.29, 1.82) is 0 Å². The molecule has 1 heterocycles. The number of benzene rings is 1. The Morgan fingerprint density at radius 3 is 2.65 bits per heavy atom. The molecule has 20 heavy (non-hydrogen) atoms. The highest BCUT2D eigenvalue weighted by molar-refractivity contribution is 5.77. The van der Waals surface area contributed by atoms with E-state index in [2.05, 4.69) is 6.92 Å². The van der Waals surface area contributed by atoms with Crippen molar-refractivity contribution in [3.63, 3.8) is 0 Å². The van der Waals surface area contributed by atoms with Gasteiger partial charge in [0, 0.05) is 11.5 Å². The normalized spacial score (nSPS) is 10.8. The zero-order valence-corrected chi connectivity index (χ0v) is 12.1. The fourth-order valence-electron chi connectivity index (χ4n) is 2.21. The molecular formula is C17H22O3. The fraction of sp³-hybridized carbons (Fsp3) is 0.471. The smallest absolute Gasteiger partial charge is 0.336 e. The second kappa shape index (κ2) is 7.73. The van der Waals surface area contributed by atoms with Crippen molar-refractivity contribution >= 4 is 11.0 Å². The van der Waals surface area contributed by atoms with Crippen LogP contribution in [0.1, 0.15) is 45.4 Å². The molecule has 0 aliphatic rings. The van der Waals surface area contributed by atoms with E-state index in [0.29, 0.717) is 5.58 Å². The maximum Gasteiger partial charge on any atom is 0.336 e. The third-order valence-electron chi connectivity index (χ3n) is 3.36. The lowest BCUT2D eigenvalue weighted by atomic mass is 10.1. The van der Waals surface area contributed by atoms with Crippen molar-refractivity contribution in [2.45, 2.75) is 45.4 Å². The van der Waals surface area contributed by atoms with Gasteiger partial charge in [0.25, 0.3) is 0 Å². The van der Waals surface area contributed by atoms with E-state index in [4.69, 9.17) is 9.15 Å². The van der Waals surface area contributed by atoms with Crippen LogP contribution in [-0.2, 0) is 0 Å². The Morgan fingerprint density at radius 1 is 1.00 bits per heavy atom. The van der Waals surface area contributed by atoms with Gasteiger partial charge in [-0.25, -0.2) is 4.79 Å². The largest absolute Gasteiger partial charge is 0.494 e. The molecule has 1 aromatic carbocycles. The SMILES string of the molecule is CCCCCCCCOc1ccc2oc(=O)ccc2c1. The summed E-state index contributed by atoms with van der Waals surface area (Å²) >= 11 is 0. The van der Waals surface area contributed by atoms with Crippen LogP contribution in [0.2, 0.25) is 0 Å². The van der Waals surface area contributed by atoms with Crippen LogP contribution in [-0.4, -0.2) is 6.61 Å². The minimum Gasteiger partial charge on any atom is -0.494 e. The summed E-state index contributed by atoms with van der Waals surface area (Å²) in [5, 5.41) is 0.894. The lowest BCUT2D eigenvalue weighted by Crippen LogP contribution is -1.98. The highest BCUT2D eigenvalue weighted by atomic mass is 16.5. The molecule has 0 saturated carbocycles. The molecule has 0 atom stereocenters. The van der Waals surface area contributed by atoms with Crippen LogP contribution in [0.4, 0.5) is 0 Å². The van der Waals surface area contributed by atoms with E-state index in [1.807, 2.05) is 12.1 Å². The Morgan fingerprint density at radius 2 is 1.80 bits per heavy atom. The molecule has 1 aromatic heterocycles. The first-order valence-corrected chi connectivity index (χ1v) is 7.46. The molecule has 0 N–H and O–H groups in total. The third-order valence-corrected chi connectivity index (χ3v) is 3.36. The molecule has 2 rings (SSSR count). The van der Waals surface area contributed by atoms with Crippen LogP contribution < -0.4 is 10.4 Å². The first-order valence-electron chi connectivity index (χ1n) is 7.46. The summed E-state index contributed by atoms with van der Waals surface area (Å²) in [4.78, 5) is 11.1. The maximum atomic E-state index is 11.1. The van der Waals surface area contributed by atoms with Crippen LogP contribution in [0.25, 0.3) is 11.0 Å². The van der Waals surface area contributed by atoms with Gasteiger partial charge in [0.1, 0.15) is 11.3 Å². The quantitative estimate of drug-likeness (QED) is 0.524. The van der Waals surface area contributed by atoms with E-state index in [0.717, 1.165) is 24.2 Å². The molecule has 0 fully saturated rings. The standard InChI is InChI=1S/C17H22O3/c1-2-3-4-5-6-7-12-19-15-9-10-16-14(13-15)8-11-17(18)20-16/h8-11,13H,2-7,12H2,1H3. The molecule has 0 unspecified atom stereocenters. The van der Waals surface area contributed by atoms with Crippen LogP contribution >= 0.6 is 0 Å². The lowest BCUT2D eigenvalue weighted by molar-refractivity contribution is 0.304. The molecule has 0 aliphatic carbocycles. The van der Waals surface area contributed by atoms with Crippen molar-refractivity contribution < 1.29 is 9.15 Å². The van der Waals surface area contributed by atoms with Crippen LogP contribution in [0.3, 0.4) is 0 Å². The minimum atomic E-state index is -0.321. The summed E-state index contributed by atoms with van der Waals surface area (Å²) in [6.45, 7) is 2.97. The molecule has 0 aliphatic heterocycles. The molecule has 0 amide bonds. The molecule has 0 bridgehead atoms. The van der Waals surface area contributed by atoms with Crippen molar-refractivity contribution in [2.24, 2.45) is 0 Å². The number of hydrogen-bond acceptors (Lipinski definition) is 3.